The van der Waals surface area contributed by atoms with E-state index in [1.807, 2.05) is 30.4 Å². The molecule has 1 aromatic heterocycles. The average Bonchev–Trinajstić information content (AvgIpc) is 2.80. The zero-order valence-electron chi connectivity index (χ0n) is 9.68. The van der Waals surface area contributed by atoms with Crippen molar-refractivity contribution in [1.29, 1.82) is 0 Å². The first-order valence-corrected chi connectivity index (χ1v) is 6.54. The van der Waals surface area contributed by atoms with Crippen molar-refractivity contribution in [3.63, 3.8) is 0 Å². The van der Waals surface area contributed by atoms with Gasteiger partial charge in [0.1, 0.15) is 0 Å². The van der Waals surface area contributed by atoms with Gasteiger partial charge in [-0.05, 0) is 42.0 Å². The standard InChI is InChI=1S/C15H11BrN2/c16-12-5-4-11-10-18-15(14(11)9-12)7-6-13-3-1-2-8-17-13/h1-9H,10H2/b7-6+. The Morgan fingerprint density at radius 3 is 2.89 bits per heavy atom. The molecule has 3 rings (SSSR count). The van der Waals surface area contributed by atoms with Crippen LogP contribution in [0, 0.1) is 0 Å². The Hall–Kier alpha value is -1.74. The molecule has 1 aromatic carbocycles. The fourth-order valence-electron chi connectivity index (χ4n) is 1.96. The normalized spacial score (nSPS) is 13.7. The minimum atomic E-state index is 0.768. The van der Waals surface area contributed by atoms with Crippen LogP contribution in [-0.4, -0.2) is 10.7 Å². The van der Waals surface area contributed by atoms with E-state index in [0.29, 0.717) is 0 Å². The molecule has 2 nitrogen and oxygen atoms in total. The molecular formula is C15H11BrN2. The van der Waals surface area contributed by atoms with Gasteiger partial charge in [-0.2, -0.15) is 0 Å². The largest absolute Gasteiger partial charge is 0.280 e. The van der Waals surface area contributed by atoms with Crippen LogP contribution in [0.15, 0.2) is 58.1 Å². The number of allylic oxidation sites excluding steroid dienone is 1. The molecule has 0 spiro atoms. The quantitative estimate of drug-likeness (QED) is 0.826. The van der Waals surface area contributed by atoms with Gasteiger partial charge in [-0.25, -0.2) is 0 Å². The van der Waals surface area contributed by atoms with Crippen LogP contribution in [0.5, 0.6) is 0 Å². The number of hydrogen-bond donors (Lipinski definition) is 0. The molecule has 2 heterocycles. The van der Waals surface area contributed by atoms with Crippen molar-refractivity contribution in [2.75, 3.05) is 0 Å². The molecule has 0 bridgehead atoms. The number of aliphatic imine (C=N–C) groups is 1. The molecule has 0 unspecified atom stereocenters. The van der Waals surface area contributed by atoms with Crippen molar-refractivity contribution >= 4 is 27.7 Å². The summed E-state index contributed by atoms with van der Waals surface area (Å²) in [7, 11) is 0. The van der Waals surface area contributed by atoms with E-state index < -0.39 is 0 Å². The van der Waals surface area contributed by atoms with E-state index in [1.165, 1.54) is 11.1 Å². The molecule has 2 aromatic rings. The summed E-state index contributed by atoms with van der Waals surface area (Å²) >= 11 is 3.50. The summed E-state index contributed by atoms with van der Waals surface area (Å²) in [6, 6.07) is 12.2. The number of pyridine rings is 1. The highest BCUT2D eigenvalue weighted by Gasteiger charge is 2.13. The monoisotopic (exact) mass is 298 g/mol. The van der Waals surface area contributed by atoms with Crippen LogP contribution in [0.2, 0.25) is 0 Å². The molecule has 0 N–H and O–H groups in total. The smallest absolute Gasteiger partial charge is 0.0655 e. The lowest BCUT2D eigenvalue weighted by Gasteiger charge is -2.00. The third kappa shape index (κ3) is 2.27. The van der Waals surface area contributed by atoms with E-state index in [0.717, 1.165) is 22.4 Å². The van der Waals surface area contributed by atoms with E-state index in [-0.39, 0.29) is 0 Å². The van der Waals surface area contributed by atoms with Crippen LogP contribution >= 0.6 is 15.9 Å². The lowest BCUT2D eigenvalue weighted by molar-refractivity contribution is 1.11. The zero-order valence-corrected chi connectivity index (χ0v) is 11.3. The van der Waals surface area contributed by atoms with Crippen molar-refractivity contribution in [2.45, 2.75) is 6.54 Å². The van der Waals surface area contributed by atoms with Crippen molar-refractivity contribution in [3.05, 3.63) is 70.0 Å². The van der Waals surface area contributed by atoms with Gasteiger partial charge in [0, 0.05) is 16.2 Å². The van der Waals surface area contributed by atoms with E-state index in [2.05, 4.69) is 44.1 Å². The predicted molar refractivity (Wildman–Crippen MR) is 77.7 cm³/mol. The fraction of sp³-hybridized carbons (Fsp3) is 0.0667. The lowest BCUT2D eigenvalue weighted by Crippen LogP contribution is -1.93. The molecule has 0 radical (unpaired) electrons. The highest BCUT2D eigenvalue weighted by Crippen LogP contribution is 2.23. The summed E-state index contributed by atoms with van der Waals surface area (Å²) in [4.78, 5) is 8.80. The number of rotatable bonds is 2. The fourth-order valence-corrected chi connectivity index (χ4v) is 2.32. The minimum Gasteiger partial charge on any atom is -0.280 e. The summed E-state index contributed by atoms with van der Waals surface area (Å²) in [6.45, 7) is 0.768. The van der Waals surface area contributed by atoms with E-state index >= 15 is 0 Å². The maximum Gasteiger partial charge on any atom is 0.0655 e. The molecule has 0 saturated heterocycles. The predicted octanol–water partition coefficient (Wildman–Crippen LogP) is 3.86. The van der Waals surface area contributed by atoms with Gasteiger partial charge < -0.3 is 0 Å². The second-order valence-corrected chi connectivity index (χ2v) is 5.01. The molecule has 0 atom stereocenters. The second-order valence-electron chi connectivity index (χ2n) is 4.09. The molecule has 18 heavy (non-hydrogen) atoms. The molecule has 0 fully saturated rings. The Morgan fingerprint density at radius 2 is 2.06 bits per heavy atom. The molecular weight excluding hydrogens is 288 g/mol. The SMILES string of the molecule is Brc1ccc2c(c1)C(/C=C/c1ccccn1)=NC2. The van der Waals surface area contributed by atoms with Gasteiger partial charge in [-0.15, -0.1) is 0 Å². The van der Waals surface area contributed by atoms with Crippen LogP contribution < -0.4 is 0 Å². The maximum atomic E-state index is 4.54. The number of nitrogens with zero attached hydrogens (tertiary/aromatic N) is 2. The van der Waals surface area contributed by atoms with Gasteiger partial charge >= 0.3 is 0 Å². The van der Waals surface area contributed by atoms with E-state index in [4.69, 9.17) is 0 Å². The molecule has 3 heteroatoms. The highest BCUT2D eigenvalue weighted by molar-refractivity contribution is 9.10. The van der Waals surface area contributed by atoms with Crippen LogP contribution in [0.1, 0.15) is 16.8 Å². The van der Waals surface area contributed by atoms with E-state index in [1.54, 1.807) is 6.20 Å². The number of fused-ring (bicyclic) bond motifs is 1. The Labute approximate surface area is 114 Å². The van der Waals surface area contributed by atoms with Crippen LogP contribution in [0.3, 0.4) is 0 Å². The summed E-state index contributed by atoms with van der Waals surface area (Å²) in [6.07, 6.45) is 5.82. The second kappa shape index (κ2) is 4.86. The topological polar surface area (TPSA) is 25.2 Å². The van der Waals surface area contributed by atoms with Gasteiger partial charge in [0.15, 0.2) is 0 Å². The lowest BCUT2D eigenvalue weighted by atomic mass is 10.1. The zero-order chi connectivity index (χ0) is 12.4. The minimum absolute atomic E-state index is 0.768. The van der Waals surface area contributed by atoms with Crippen molar-refractivity contribution in [2.24, 2.45) is 4.99 Å². The van der Waals surface area contributed by atoms with Crippen LogP contribution in [-0.2, 0) is 6.54 Å². The number of halogens is 1. The van der Waals surface area contributed by atoms with Crippen LogP contribution in [0.25, 0.3) is 6.08 Å². The third-order valence-electron chi connectivity index (χ3n) is 2.87. The maximum absolute atomic E-state index is 4.54. The van der Waals surface area contributed by atoms with Gasteiger partial charge in [0.05, 0.1) is 18.0 Å². The number of hydrogen-bond acceptors (Lipinski definition) is 2. The Bertz CT molecular complexity index is 630. The number of benzene rings is 1. The van der Waals surface area contributed by atoms with Crippen molar-refractivity contribution in [1.82, 2.24) is 4.98 Å². The van der Waals surface area contributed by atoms with Gasteiger partial charge in [-0.3, -0.25) is 9.98 Å². The first-order valence-electron chi connectivity index (χ1n) is 5.75. The van der Waals surface area contributed by atoms with Gasteiger partial charge in [0.25, 0.3) is 0 Å². The summed E-state index contributed by atoms with van der Waals surface area (Å²) in [5, 5.41) is 0. The Morgan fingerprint density at radius 1 is 1.11 bits per heavy atom. The first kappa shape index (κ1) is 11.4. The Balaban J connectivity index is 1.89. The van der Waals surface area contributed by atoms with E-state index in [9.17, 15) is 0 Å². The van der Waals surface area contributed by atoms with Crippen LogP contribution in [0.4, 0.5) is 0 Å². The van der Waals surface area contributed by atoms with Gasteiger partial charge in [0.2, 0.25) is 0 Å². The number of aromatic nitrogens is 1. The summed E-state index contributed by atoms with van der Waals surface area (Å²) < 4.78 is 1.09. The summed E-state index contributed by atoms with van der Waals surface area (Å²) in [5.74, 6) is 0. The average molecular weight is 299 g/mol. The third-order valence-corrected chi connectivity index (χ3v) is 3.36. The molecule has 88 valence electrons. The first-order chi connectivity index (χ1) is 8.83. The molecule has 1 aliphatic rings. The molecule has 0 saturated carbocycles. The summed E-state index contributed by atoms with van der Waals surface area (Å²) in [5.41, 5.74) is 4.45. The molecule has 0 amide bonds. The van der Waals surface area contributed by atoms with Crippen molar-refractivity contribution in [3.8, 4) is 0 Å². The Kier molecular flexibility index (Phi) is 3.07. The van der Waals surface area contributed by atoms with Crippen molar-refractivity contribution < 1.29 is 0 Å². The molecule has 1 aliphatic heterocycles. The highest BCUT2D eigenvalue weighted by atomic mass is 79.9. The molecule has 0 aliphatic carbocycles. The van der Waals surface area contributed by atoms with Gasteiger partial charge in [-0.1, -0.05) is 28.1 Å².